The molecule has 0 aliphatic heterocycles. The highest BCUT2D eigenvalue weighted by Crippen LogP contribution is 2.51. The van der Waals surface area contributed by atoms with Crippen molar-refractivity contribution >= 4 is 22.7 Å². The van der Waals surface area contributed by atoms with E-state index in [9.17, 15) is 4.57 Å². The monoisotopic (exact) mass is 237 g/mol. The van der Waals surface area contributed by atoms with E-state index in [0.717, 1.165) is 0 Å². The molecule has 0 heterocycles. The first kappa shape index (κ1) is 13.9. The van der Waals surface area contributed by atoms with Crippen LogP contribution in [0.3, 0.4) is 0 Å². The van der Waals surface area contributed by atoms with Gasteiger partial charge in [0.15, 0.2) is 4.61 Å². The number of nitrogens with zero attached hydrogens (tertiary/aromatic N) is 1. The number of nitriles is 1. The first-order valence-corrected chi connectivity index (χ1v) is 7.84. The summed E-state index contributed by atoms with van der Waals surface area (Å²) in [5.41, 5.74) is 0. The second kappa shape index (κ2) is 6.36. The Morgan fingerprint density at radius 1 is 1.36 bits per heavy atom. The molecule has 0 amide bonds. The van der Waals surface area contributed by atoms with Crippen molar-refractivity contribution in [3.8, 4) is 6.07 Å². The van der Waals surface area contributed by atoms with Crippen LogP contribution < -0.4 is 0 Å². The van der Waals surface area contributed by atoms with Crippen LogP contribution >= 0.6 is 18.1 Å². The molecule has 82 valence electrons. The van der Waals surface area contributed by atoms with Gasteiger partial charge < -0.3 is 9.05 Å². The molecule has 14 heavy (non-hydrogen) atoms. The van der Waals surface area contributed by atoms with Gasteiger partial charge in [-0.25, -0.2) is 0 Å². The average molecular weight is 237 g/mol. The second-order valence-corrected chi connectivity index (χ2v) is 6.87. The van der Waals surface area contributed by atoms with Gasteiger partial charge in [-0.1, -0.05) is 0 Å². The molecular weight excluding hydrogens is 221 g/mol. The van der Waals surface area contributed by atoms with E-state index in [2.05, 4.69) is 0 Å². The lowest BCUT2D eigenvalue weighted by Gasteiger charge is -2.16. The van der Waals surface area contributed by atoms with Crippen LogP contribution in [0.15, 0.2) is 0 Å². The summed E-state index contributed by atoms with van der Waals surface area (Å²) in [7, 11) is -3.70. The zero-order valence-electron chi connectivity index (χ0n) is 8.94. The van der Waals surface area contributed by atoms with Crippen LogP contribution in [0.4, 0.5) is 0 Å². The molecule has 0 aliphatic carbocycles. The molecule has 0 saturated heterocycles. The first-order valence-electron chi connectivity index (χ1n) is 4.26. The number of rotatable bonds is 5. The van der Waals surface area contributed by atoms with Crippen LogP contribution in [0.1, 0.15) is 13.8 Å². The van der Waals surface area contributed by atoms with E-state index in [1.165, 1.54) is 0 Å². The molecule has 0 aliphatic rings. The normalized spacial score (nSPS) is 11.4. The Balaban J connectivity index is 5.11. The second-order valence-electron chi connectivity index (χ2n) is 2.57. The van der Waals surface area contributed by atoms with Gasteiger partial charge in [0.05, 0.1) is 13.2 Å². The molecule has 0 N–H and O–H groups in total. The molecule has 0 rings (SSSR count). The lowest BCUT2D eigenvalue weighted by Crippen LogP contribution is -2.05. The maximum absolute atomic E-state index is 12.1. The van der Waals surface area contributed by atoms with E-state index in [0.29, 0.717) is 0 Å². The summed E-state index contributed by atoms with van der Waals surface area (Å²) < 4.78 is 22.4. The quantitative estimate of drug-likeness (QED) is 0.544. The third-order valence-corrected chi connectivity index (χ3v) is 5.75. The fourth-order valence-corrected chi connectivity index (χ4v) is 4.27. The van der Waals surface area contributed by atoms with Crippen molar-refractivity contribution in [3.63, 3.8) is 0 Å². The van der Waals surface area contributed by atoms with Crippen LogP contribution in [-0.4, -0.2) is 30.3 Å². The van der Waals surface area contributed by atoms with Crippen LogP contribution in [0.2, 0.25) is 0 Å². The molecular formula is C8H16NO3PS. The van der Waals surface area contributed by atoms with Gasteiger partial charge in [-0.3, -0.25) is 4.57 Å². The standard InChI is InChI=1S/C8H16NO3PS/c1-5-11-13(10,12-6-2)8(7-9)14(3)4/h5-6H2,1-4H3. The smallest absolute Gasteiger partial charge is 0.305 e. The first-order chi connectivity index (χ1) is 6.51. The van der Waals surface area contributed by atoms with Gasteiger partial charge >= 0.3 is 7.60 Å². The van der Waals surface area contributed by atoms with Crippen LogP contribution in [0, 0.1) is 11.3 Å². The van der Waals surface area contributed by atoms with Gasteiger partial charge in [0.2, 0.25) is 0 Å². The van der Waals surface area contributed by atoms with Crippen LogP contribution in [0.5, 0.6) is 0 Å². The Bertz CT molecular complexity index is 294. The summed E-state index contributed by atoms with van der Waals surface area (Å²) >= 11 is 0. The largest absolute Gasteiger partial charge is 0.377 e. The molecule has 0 bridgehead atoms. The summed E-state index contributed by atoms with van der Waals surface area (Å²) in [6.45, 7) is 4.01. The van der Waals surface area contributed by atoms with Gasteiger partial charge in [-0.15, -0.1) is 0 Å². The summed E-state index contributed by atoms with van der Waals surface area (Å²) in [5.74, 6) is 0. The van der Waals surface area contributed by atoms with Crippen LogP contribution in [-0.2, 0) is 13.6 Å². The zero-order chi connectivity index (χ0) is 11.2. The third-order valence-electron chi connectivity index (χ3n) is 1.33. The Hall–Kier alpha value is -0.140. The predicted molar refractivity (Wildman–Crippen MR) is 60.9 cm³/mol. The van der Waals surface area contributed by atoms with Crippen molar-refractivity contribution in [2.75, 3.05) is 25.7 Å². The SMILES string of the molecule is CCOP(=O)(OCC)C(C#N)=S(C)C. The molecule has 4 nitrogen and oxygen atoms in total. The highest BCUT2D eigenvalue weighted by atomic mass is 32.2. The van der Waals surface area contributed by atoms with Crippen molar-refractivity contribution < 1.29 is 13.6 Å². The lowest BCUT2D eigenvalue weighted by molar-refractivity contribution is 0.233. The molecule has 0 spiro atoms. The molecule has 0 saturated carbocycles. The van der Waals surface area contributed by atoms with E-state index in [4.69, 9.17) is 14.3 Å². The molecule has 0 aromatic heterocycles. The van der Waals surface area contributed by atoms with E-state index in [1.54, 1.807) is 13.8 Å². The van der Waals surface area contributed by atoms with Gasteiger partial charge in [0, 0.05) is 0 Å². The highest BCUT2D eigenvalue weighted by Gasteiger charge is 2.30. The minimum Gasteiger partial charge on any atom is -0.305 e. The van der Waals surface area contributed by atoms with E-state index in [1.807, 2.05) is 18.6 Å². The lowest BCUT2D eigenvalue weighted by atomic mass is 10.9. The average Bonchev–Trinajstić information content (AvgIpc) is 2.04. The molecule has 6 heteroatoms. The third kappa shape index (κ3) is 3.55. The Morgan fingerprint density at radius 2 is 1.79 bits per heavy atom. The van der Waals surface area contributed by atoms with Gasteiger partial charge in [0.1, 0.15) is 6.07 Å². The molecule has 0 aromatic carbocycles. The van der Waals surface area contributed by atoms with Crippen LogP contribution in [0.25, 0.3) is 0 Å². The van der Waals surface area contributed by atoms with E-state index < -0.39 is 7.60 Å². The Kier molecular flexibility index (Phi) is 6.30. The zero-order valence-corrected chi connectivity index (χ0v) is 10.7. The van der Waals surface area contributed by atoms with Gasteiger partial charge in [0.25, 0.3) is 0 Å². The topological polar surface area (TPSA) is 59.3 Å². The minimum absolute atomic E-state index is 0.223. The predicted octanol–water partition coefficient (Wildman–Crippen LogP) is 2.43. The fourth-order valence-electron chi connectivity index (χ4n) is 0.871. The highest BCUT2D eigenvalue weighted by molar-refractivity contribution is 8.22. The molecule has 0 radical (unpaired) electrons. The van der Waals surface area contributed by atoms with E-state index >= 15 is 0 Å². The Morgan fingerprint density at radius 3 is 2.00 bits per heavy atom. The molecule has 0 unspecified atom stereocenters. The maximum atomic E-state index is 12.1. The fraction of sp³-hybridized carbons (Fsp3) is 0.750. The molecule has 0 aromatic rings. The van der Waals surface area contributed by atoms with Gasteiger partial charge in [-0.05, 0) is 26.4 Å². The summed E-state index contributed by atoms with van der Waals surface area (Å²) in [4.78, 5) is 0. The van der Waals surface area contributed by atoms with Crippen molar-refractivity contribution in [2.24, 2.45) is 0 Å². The summed E-state index contributed by atoms with van der Waals surface area (Å²) in [6.07, 6.45) is 3.65. The van der Waals surface area contributed by atoms with Gasteiger partial charge in [-0.2, -0.15) is 15.7 Å². The van der Waals surface area contributed by atoms with Crippen molar-refractivity contribution in [1.29, 1.82) is 5.26 Å². The number of hydrogen-bond acceptors (Lipinski definition) is 4. The summed E-state index contributed by atoms with van der Waals surface area (Å²) in [6, 6.07) is 1.93. The molecule has 0 fully saturated rings. The van der Waals surface area contributed by atoms with E-state index in [-0.39, 0.29) is 28.3 Å². The summed E-state index contributed by atoms with van der Waals surface area (Å²) in [5, 5.41) is 8.87. The molecule has 0 atom stereocenters. The van der Waals surface area contributed by atoms with Crippen molar-refractivity contribution in [1.82, 2.24) is 0 Å². The van der Waals surface area contributed by atoms with Crippen molar-refractivity contribution in [3.05, 3.63) is 0 Å². The van der Waals surface area contributed by atoms with Crippen molar-refractivity contribution in [2.45, 2.75) is 13.8 Å². The Labute approximate surface area is 87.7 Å². The number of hydrogen-bond donors (Lipinski definition) is 0. The maximum Gasteiger partial charge on any atom is 0.377 e. The minimum atomic E-state index is -3.32.